The first-order valence-corrected chi connectivity index (χ1v) is 10.3. The van der Waals surface area contributed by atoms with Gasteiger partial charge in [-0.2, -0.15) is 0 Å². The summed E-state index contributed by atoms with van der Waals surface area (Å²) in [7, 11) is 0. The number of likely N-dealkylation sites (tertiary alicyclic amines) is 1. The summed E-state index contributed by atoms with van der Waals surface area (Å²) in [6.07, 6.45) is 2.17. The molecule has 6 heteroatoms. The average Bonchev–Trinajstić information content (AvgIpc) is 3.36. The van der Waals surface area contributed by atoms with E-state index in [-0.39, 0.29) is 11.2 Å². The lowest BCUT2D eigenvalue weighted by molar-refractivity contribution is -0.129. The maximum Gasteiger partial charge on any atom is 0.240 e. The van der Waals surface area contributed by atoms with Gasteiger partial charge in [0.25, 0.3) is 0 Å². The minimum atomic E-state index is -0.295. The van der Waals surface area contributed by atoms with Gasteiger partial charge in [0.2, 0.25) is 5.91 Å². The molecule has 1 atom stereocenters. The first-order chi connectivity index (χ1) is 13.2. The minimum absolute atomic E-state index is 0.166. The molecule has 1 aliphatic heterocycles. The van der Waals surface area contributed by atoms with Crippen LogP contribution in [0, 0.1) is 0 Å². The van der Waals surface area contributed by atoms with Crippen LogP contribution in [-0.2, 0) is 4.79 Å². The molecule has 1 saturated heterocycles. The average molecular weight is 382 g/mol. The molecule has 1 aliphatic rings. The normalized spacial score (nSPS) is 15.2. The fourth-order valence-corrected chi connectivity index (χ4v) is 4.47. The number of nitrogens with zero attached hydrogens (tertiary/aromatic N) is 2. The lowest BCUT2D eigenvalue weighted by Gasteiger charge is -2.22. The molecule has 0 bridgehead atoms. The lowest BCUT2D eigenvalue weighted by Crippen LogP contribution is -2.31. The Morgan fingerprint density at radius 2 is 2.00 bits per heavy atom. The van der Waals surface area contributed by atoms with Crippen LogP contribution in [0.2, 0.25) is 0 Å². The number of imidazole rings is 1. The van der Waals surface area contributed by atoms with Gasteiger partial charge in [0, 0.05) is 19.2 Å². The van der Waals surface area contributed by atoms with Crippen LogP contribution in [0.4, 0.5) is 0 Å². The summed E-state index contributed by atoms with van der Waals surface area (Å²) in [4.78, 5) is 23.1. The molecular weight excluding hydrogens is 358 g/mol. The van der Waals surface area contributed by atoms with Crippen LogP contribution in [0.15, 0.2) is 53.7 Å². The fraction of sp³-hybridized carbons (Fsp3) is 0.333. The number of aromatic amines is 1. The number of amides is 1. The van der Waals surface area contributed by atoms with Crippen LogP contribution in [-0.4, -0.2) is 40.5 Å². The summed E-state index contributed by atoms with van der Waals surface area (Å²) in [5.74, 6) is 0.983. The number of carbonyl (C=O) groups is 1. The highest BCUT2D eigenvalue weighted by Gasteiger charge is 2.29. The number of rotatable bonds is 6. The highest BCUT2D eigenvalue weighted by molar-refractivity contribution is 8.00. The van der Waals surface area contributed by atoms with Gasteiger partial charge in [-0.05, 0) is 37.5 Å². The molecule has 1 amide bonds. The van der Waals surface area contributed by atoms with Crippen molar-refractivity contribution in [3.63, 3.8) is 0 Å². The van der Waals surface area contributed by atoms with E-state index in [1.807, 2.05) is 60.4 Å². The van der Waals surface area contributed by atoms with Crippen molar-refractivity contribution in [1.29, 1.82) is 0 Å². The van der Waals surface area contributed by atoms with Crippen LogP contribution in [0.5, 0.6) is 5.75 Å². The second-order valence-corrected chi connectivity index (χ2v) is 7.69. The fourth-order valence-electron chi connectivity index (χ4n) is 3.38. The van der Waals surface area contributed by atoms with Gasteiger partial charge in [0.1, 0.15) is 11.0 Å². The Bertz CT molecular complexity index is 920. The highest BCUT2D eigenvalue weighted by Crippen LogP contribution is 2.37. The number of carbonyl (C=O) groups excluding carboxylic acids is 1. The van der Waals surface area contributed by atoms with Gasteiger partial charge in [-0.15, -0.1) is 0 Å². The first-order valence-electron chi connectivity index (χ1n) is 9.37. The van der Waals surface area contributed by atoms with Crippen molar-refractivity contribution in [2.75, 3.05) is 19.7 Å². The van der Waals surface area contributed by atoms with E-state index in [2.05, 4.69) is 9.97 Å². The molecule has 2 aromatic carbocycles. The van der Waals surface area contributed by atoms with E-state index in [9.17, 15) is 4.79 Å². The molecule has 1 N–H and O–H groups in total. The molecule has 3 aromatic rings. The summed E-state index contributed by atoms with van der Waals surface area (Å²) in [5, 5.41) is 0.455. The number of fused-ring (bicyclic) bond motifs is 1. The van der Waals surface area contributed by atoms with Crippen LogP contribution in [0.3, 0.4) is 0 Å². The largest absolute Gasteiger partial charge is 0.494 e. The van der Waals surface area contributed by atoms with Gasteiger partial charge in [-0.1, -0.05) is 42.1 Å². The van der Waals surface area contributed by atoms with E-state index in [0.717, 1.165) is 53.4 Å². The zero-order chi connectivity index (χ0) is 18.6. The summed E-state index contributed by atoms with van der Waals surface area (Å²) in [6.45, 7) is 4.29. The third kappa shape index (κ3) is 3.95. The number of hydrogen-bond acceptors (Lipinski definition) is 4. The molecule has 0 aliphatic carbocycles. The van der Waals surface area contributed by atoms with Crippen molar-refractivity contribution in [3.05, 3.63) is 54.1 Å². The van der Waals surface area contributed by atoms with E-state index >= 15 is 0 Å². The van der Waals surface area contributed by atoms with Crippen LogP contribution in [0.25, 0.3) is 11.0 Å². The predicted octanol–water partition coefficient (Wildman–Crippen LogP) is 4.42. The molecule has 0 saturated carbocycles. The van der Waals surface area contributed by atoms with Crippen molar-refractivity contribution in [2.24, 2.45) is 0 Å². The van der Waals surface area contributed by atoms with Gasteiger partial charge >= 0.3 is 0 Å². The van der Waals surface area contributed by atoms with Crippen LogP contribution >= 0.6 is 11.8 Å². The second-order valence-electron chi connectivity index (χ2n) is 6.59. The SMILES string of the molecule is CCOc1ccc2nc(S[C@@H](C(=O)N3CCCC3)c3ccccc3)[nH]c2c1. The Morgan fingerprint density at radius 1 is 1.22 bits per heavy atom. The summed E-state index contributed by atoms with van der Waals surface area (Å²) >= 11 is 1.48. The van der Waals surface area contributed by atoms with Crippen molar-refractivity contribution < 1.29 is 9.53 Å². The quantitative estimate of drug-likeness (QED) is 0.642. The molecule has 0 unspecified atom stereocenters. The molecule has 0 radical (unpaired) electrons. The molecule has 0 spiro atoms. The number of benzene rings is 2. The van der Waals surface area contributed by atoms with E-state index in [4.69, 9.17) is 4.74 Å². The van der Waals surface area contributed by atoms with Crippen LogP contribution in [0.1, 0.15) is 30.6 Å². The lowest BCUT2D eigenvalue weighted by atomic mass is 10.1. The molecular formula is C21H23N3O2S. The third-order valence-electron chi connectivity index (χ3n) is 4.72. The Labute approximate surface area is 163 Å². The van der Waals surface area contributed by atoms with Crippen molar-refractivity contribution >= 4 is 28.7 Å². The smallest absolute Gasteiger partial charge is 0.240 e. The maximum absolute atomic E-state index is 13.1. The van der Waals surface area contributed by atoms with Crippen molar-refractivity contribution in [1.82, 2.24) is 14.9 Å². The van der Waals surface area contributed by atoms with Crippen molar-refractivity contribution in [2.45, 2.75) is 30.2 Å². The molecule has 140 valence electrons. The van der Waals surface area contributed by atoms with Gasteiger partial charge in [0.05, 0.1) is 17.6 Å². The number of thioether (sulfide) groups is 1. The molecule has 4 rings (SSSR count). The van der Waals surface area contributed by atoms with E-state index < -0.39 is 0 Å². The Balaban J connectivity index is 1.62. The summed E-state index contributed by atoms with van der Waals surface area (Å²) < 4.78 is 5.56. The monoisotopic (exact) mass is 381 g/mol. The number of H-pyrrole nitrogens is 1. The van der Waals surface area contributed by atoms with Gasteiger partial charge < -0.3 is 14.6 Å². The van der Waals surface area contributed by atoms with Gasteiger partial charge in [-0.25, -0.2) is 4.98 Å². The Morgan fingerprint density at radius 3 is 2.74 bits per heavy atom. The molecule has 1 fully saturated rings. The molecule has 1 aromatic heterocycles. The third-order valence-corrected chi connectivity index (χ3v) is 5.84. The number of aromatic nitrogens is 2. The van der Waals surface area contributed by atoms with E-state index in [1.54, 1.807) is 0 Å². The second kappa shape index (κ2) is 8.05. The van der Waals surface area contributed by atoms with Crippen molar-refractivity contribution in [3.8, 4) is 5.75 Å². The zero-order valence-electron chi connectivity index (χ0n) is 15.4. The topological polar surface area (TPSA) is 58.2 Å². The minimum Gasteiger partial charge on any atom is -0.494 e. The highest BCUT2D eigenvalue weighted by atomic mass is 32.2. The summed E-state index contributed by atoms with van der Waals surface area (Å²) in [5.41, 5.74) is 2.81. The molecule has 27 heavy (non-hydrogen) atoms. The van der Waals surface area contributed by atoms with Gasteiger partial charge in [0.15, 0.2) is 5.16 Å². The Hall–Kier alpha value is -2.47. The zero-order valence-corrected chi connectivity index (χ0v) is 16.2. The number of nitrogens with one attached hydrogen (secondary N) is 1. The number of ether oxygens (including phenoxy) is 1. The van der Waals surface area contributed by atoms with E-state index in [1.165, 1.54) is 11.8 Å². The molecule has 2 heterocycles. The Kier molecular flexibility index (Phi) is 5.34. The van der Waals surface area contributed by atoms with Crippen LogP contribution < -0.4 is 4.74 Å². The first kappa shape index (κ1) is 17.9. The predicted molar refractivity (Wildman–Crippen MR) is 108 cm³/mol. The standard InChI is InChI=1S/C21H23N3O2S/c1-2-26-16-10-11-17-18(14-16)23-21(22-17)27-19(15-8-4-3-5-9-15)20(25)24-12-6-7-13-24/h3-5,8-11,14,19H,2,6-7,12-13H2,1H3,(H,22,23)/t19-/m1/s1. The van der Waals surface area contributed by atoms with Gasteiger partial charge in [-0.3, -0.25) is 4.79 Å². The summed E-state index contributed by atoms with van der Waals surface area (Å²) in [6, 6.07) is 15.8. The molecule has 5 nitrogen and oxygen atoms in total. The number of hydrogen-bond donors (Lipinski definition) is 1. The van der Waals surface area contributed by atoms with E-state index in [0.29, 0.717) is 6.61 Å². The maximum atomic E-state index is 13.1.